The van der Waals surface area contributed by atoms with Gasteiger partial charge in [0.25, 0.3) is 5.91 Å². The van der Waals surface area contributed by atoms with Crippen molar-refractivity contribution >= 4 is 11.9 Å². The Morgan fingerprint density at radius 2 is 1.92 bits per heavy atom. The second kappa shape index (κ2) is 6.88. The highest BCUT2D eigenvalue weighted by Crippen LogP contribution is 2.34. The SMILES string of the molecule is COCc1ccc(C2CCCN2C(=O)c2ccc(C(=O)O)cc2)o1. The third kappa shape index (κ3) is 3.19. The molecule has 1 aliphatic heterocycles. The minimum absolute atomic E-state index is 0.0951. The summed E-state index contributed by atoms with van der Waals surface area (Å²) in [5.41, 5.74) is 0.648. The number of carboxylic acids is 1. The fraction of sp³-hybridized carbons (Fsp3) is 0.333. The molecule has 1 unspecified atom stereocenters. The summed E-state index contributed by atoms with van der Waals surface area (Å²) in [5.74, 6) is 0.376. The van der Waals surface area contributed by atoms with Gasteiger partial charge in [0.05, 0.1) is 11.6 Å². The Hall–Kier alpha value is -2.60. The molecule has 6 heteroatoms. The van der Waals surface area contributed by atoms with Crippen LogP contribution < -0.4 is 0 Å². The van der Waals surface area contributed by atoms with Gasteiger partial charge in [-0.2, -0.15) is 0 Å². The van der Waals surface area contributed by atoms with Crippen LogP contribution in [0, 0.1) is 0 Å². The smallest absolute Gasteiger partial charge is 0.335 e. The number of hydrogen-bond donors (Lipinski definition) is 1. The van der Waals surface area contributed by atoms with Crippen LogP contribution in [0.5, 0.6) is 0 Å². The van der Waals surface area contributed by atoms with Crippen LogP contribution in [-0.2, 0) is 11.3 Å². The number of rotatable bonds is 5. The van der Waals surface area contributed by atoms with Gasteiger partial charge in [-0.25, -0.2) is 4.79 Å². The Morgan fingerprint density at radius 1 is 1.21 bits per heavy atom. The zero-order chi connectivity index (χ0) is 17.1. The average molecular weight is 329 g/mol. The van der Waals surface area contributed by atoms with Gasteiger partial charge in [-0.3, -0.25) is 4.79 Å². The van der Waals surface area contributed by atoms with Crippen LogP contribution >= 0.6 is 0 Å². The monoisotopic (exact) mass is 329 g/mol. The summed E-state index contributed by atoms with van der Waals surface area (Å²) in [6.07, 6.45) is 1.75. The molecule has 1 atom stereocenters. The highest BCUT2D eigenvalue weighted by molar-refractivity contribution is 5.96. The normalized spacial score (nSPS) is 17.2. The molecule has 0 bridgehead atoms. The van der Waals surface area contributed by atoms with Crippen molar-refractivity contribution < 1.29 is 23.8 Å². The molecule has 0 radical (unpaired) electrons. The van der Waals surface area contributed by atoms with Gasteiger partial charge in [-0.1, -0.05) is 0 Å². The van der Waals surface area contributed by atoms with Crippen molar-refractivity contribution in [1.82, 2.24) is 4.90 Å². The average Bonchev–Trinajstić information content (AvgIpc) is 3.23. The first-order valence-electron chi connectivity index (χ1n) is 7.82. The third-order valence-corrected chi connectivity index (χ3v) is 4.19. The van der Waals surface area contributed by atoms with E-state index in [0.717, 1.165) is 24.4 Å². The molecular weight excluding hydrogens is 310 g/mol. The van der Waals surface area contributed by atoms with E-state index in [2.05, 4.69) is 0 Å². The molecule has 0 saturated carbocycles. The van der Waals surface area contributed by atoms with Crippen molar-refractivity contribution in [1.29, 1.82) is 0 Å². The molecule has 2 aromatic rings. The second-order valence-electron chi connectivity index (χ2n) is 5.78. The Bertz CT molecular complexity index is 734. The van der Waals surface area contributed by atoms with E-state index in [-0.39, 0.29) is 17.5 Å². The van der Waals surface area contributed by atoms with Crippen LogP contribution in [0.25, 0.3) is 0 Å². The number of methoxy groups -OCH3 is 1. The number of carbonyl (C=O) groups is 2. The largest absolute Gasteiger partial charge is 0.478 e. The minimum Gasteiger partial charge on any atom is -0.478 e. The van der Waals surface area contributed by atoms with Crippen LogP contribution in [0.1, 0.15) is 51.1 Å². The van der Waals surface area contributed by atoms with E-state index in [4.69, 9.17) is 14.3 Å². The van der Waals surface area contributed by atoms with E-state index >= 15 is 0 Å². The van der Waals surface area contributed by atoms with Crippen LogP contribution in [0.3, 0.4) is 0 Å². The van der Waals surface area contributed by atoms with Crippen molar-refractivity contribution in [2.24, 2.45) is 0 Å². The molecule has 6 nitrogen and oxygen atoms in total. The van der Waals surface area contributed by atoms with Crippen LogP contribution in [-0.4, -0.2) is 35.5 Å². The van der Waals surface area contributed by atoms with Gasteiger partial charge in [0, 0.05) is 19.2 Å². The maximum absolute atomic E-state index is 12.8. The van der Waals surface area contributed by atoms with Crippen LogP contribution in [0.4, 0.5) is 0 Å². The van der Waals surface area contributed by atoms with Crippen molar-refractivity contribution in [3.8, 4) is 0 Å². The first-order chi connectivity index (χ1) is 11.6. The molecule has 0 aliphatic carbocycles. The van der Waals surface area contributed by atoms with E-state index in [1.165, 1.54) is 12.1 Å². The lowest BCUT2D eigenvalue weighted by atomic mass is 10.1. The molecule has 0 spiro atoms. The molecule has 1 saturated heterocycles. The first-order valence-corrected chi connectivity index (χ1v) is 7.82. The molecule has 1 amide bonds. The van der Waals surface area contributed by atoms with Crippen molar-refractivity contribution in [2.75, 3.05) is 13.7 Å². The van der Waals surface area contributed by atoms with E-state index in [9.17, 15) is 9.59 Å². The van der Waals surface area contributed by atoms with Crippen molar-refractivity contribution in [2.45, 2.75) is 25.5 Å². The highest BCUT2D eigenvalue weighted by atomic mass is 16.5. The number of carbonyl (C=O) groups excluding carboxylic acids is 1. The molecule has 1 fully saturated rings. The summed E-state index contributed by atoms with van der Waals surface area (Å²) in [7, 11) is 1.61. The third-order valence-electron chi connectivity index (χ3n) is 4.19. The van der Waals surface area contributed by atoms with E-state index in [1.54, 1.807) is 24.1 Å². The zero-order valence-corrected chi connectivity index (χ0v) is 13.4. The molecule has 24 heavy (non-hydrogen) atoms. The number of hydrogen-bond acceptors (Lipinski definition) is 4. The van der Waals surface area contributed by atoms with Crippen molar-refractivity contribution in [3.05, 3.63) is 59.0 Å². The standard InChI is InChI=1S/C18H19NO5/c1-23-11-14-8-9-16(24-14)15-3-2-10-19(15)17(20)12-4-6-13(7-5-12)18(21)22/h4-9,15H,2-3,10-11H2,1H3,(H,21,22). The Morgan fingerprint density at radius 3 is 2.58 bits per heavy atom. The maximum Gasteiger partial charge on any atom is 0.335 e. The summed E-state index contributed by atoms with van der Waals surface area (Å²) in [5, 5.41) is 8.94. The summed E-state index contributed by atoms with van der Waals surface area (Å²) in [6.45, 7) is 1.06. The van der Waals surface area contributed by atoms with E-state index in [0.29, 0.717) is 18.7 Å². The minimum atomic E-state index is -1.01. The van der Waals surface area contributed by atoms with Crippen molar-refractivity contribution in [3.63, 3.8) is 0 Å². The van der Waals surface area contributed by atoms with Gasteiger partial charge in [0.2, 0.25) is 0 Å². The lowest BCUT2D eigenvalue weighted by Gasteiger charge is -2.23. The highest BCUT2D eigenvalue weighted by Gasteiger charge is 2.32. The van der Waals surface area contributed by atoms with Gasteiger partial charge in [-0.05, 0) is 49.2 Å². The molecular formula is C18H19NO5. The van der Waals surface area contributed by atoms with Gasteiger partial charge in [0.15, 0.2) is 0 Å². The molecule has 1 N–H and O–H groups in total. The molecule has 3 rings (SSSR count). The predicted molar refractivity (Wildman–Crippen MR) is 85.8 cm³/mol. The van der Waals surface area contributed by atoms with Gasteiger partial charge in [-0.15, -0.1) is 0 Å². The Kier molecular flexibility index (Phi) is 4.66. The lowest BCUT2D eigenvalue weighted by Crippen LogP contribution is -2.30. The topological polar surface area (TPSA) is 80.0 Å². The van der Waals surface area contributed by atoms with E-state index in [1.807, 2.05) is 12.1 Å². The van der Waals surface area contributed by atoms with Crippen LogP contribution in [0.15, 0.2) is 40.8 Å². The summed E-state index contributed by atoms with van der Waals surface area (Å²) >= 11 is 0. The Balaban J connectivity index is 1.78. The number of amides is 1. The number of furan rings is 1. The lowest BCUT2D eigenvalue weighted by molar-refractivity contribution is 0.0690. The summed E-state index contributed by atoms with van der Waals surface area (Å²) in [6, 6.07) is 9.66. The molecule has 126 valence electrons. The van der Waals surface area contributed by atoms with Gasteiger partial charge in [0.1, 0.15) is 18.1 Å². The van der Waals surface area contributed by atoms with Crippen LogP contribution in [0.2, 0.25) is 0 Å². The number of benzene rings is 1. The first kappa shape index (κ1) is 16.3. The molecule has 2 heterocycles. The summed E-state index contributed by atoms with van der Waals surface area (Å²) < 4.78 is 10.8. The molecule has 1 aliphatic rings. The maximum atomic E-state index is 12.8. The van der Waals surface area contributed by atoms with Gasteiger partial charge < -0.3 is 19.2 Å². The quantitative estimate of drug-likeness (QED) is 0.912. The number of ether oxygens (including phenoxy) is 1. The number of aromatic carboxylic acids is 1. The molecule has 1 aromatic carbocycles. The second-order valence-corrected chi connectivity index (χ2v) is 5.78. The molecule has 1 aromatic heterocycles. The zero-order valence-electron chi connectivity index (χ0n) is 13.4. The number of likely N-dealkylation sites (tertiary alicyclic amines) is 1. The number of nitrogens with zero attached hydrogens (tertiary/aromatic N) is 1. The fourth-order valence-corrected chi connectivity index (χ4v) is 3.02. The van der Waals surface area contributed by atoms with Gasteiger partial charge >= 0.3 is 5.97 Å². The predicted octanol–water partition coefficient (Wildman–Crippen LogP) is 3.10. The summed E-state index contributed by atoms with van der Waals surface area (Å²) in [4.78, 5) is 25.5. The van der Waals surface area contributed by atoms with E-state index < -0.39 is 5.97 Å². The fourth-order valence-electron chi connectivity index (χ4n) is 3.02. The number of carboxylic acid groups (broad SMARTS) is 1. The Labute approximate surface area is 139 Å².